The summed E-state index contributed by atoms with van der Waals surface area (Å²) in [5, 5.41) is 0.615. The zero-order valence-corrected chi connectivity index (χ0v) is 11.8. The molecule has 0 aromatic heterocycles. The van der Waals surface area contributed by atoms with E-state index in [1.807, 2.05) is 19.1 Å². The third kappa shape index (κ3) is 3.56. The SMILES string of the molecule is Cc1ccc(S(=O)(=O)[O-])c(Cc2ccc(Cl)cc2)c1. The second-order valence-corrected chi connectivity index (χ2v) is 6.15. The molecule has 0 unspecified atom stereocenters. The van der Waals surface area contributed by atoms with Gasteiger partial charge in [0.15, 0.2) is 0 Å². The van der Waals surface area contributed by atoms with Gasteiger partial charge < -0.3 is 4.55 Å². The number of benzene rings is 2. The lowest BCUT2D eigenvalue weighted by Crippen LogP contribution is -2.04. The van der Waals surface area contributed by atoms with Gasteiger partial charge in [-0.2, -0.15) is 0 Å². The van der Waals surface area contributed by atoms with Gasteiger partial charge in [-0.1, -0.05) is 41.4 Å². The van der Waals surface area contributed by atoms with Gasteiger partial charge in [0.25, 0.3) is 0 Å². The molecule has 0 saturated carbocycles. The van der Waals surface area contributed by atoms with Crippen LogP contribution < -0.4 is 0 Å². The van der Waals surface area contributed by atoms with Gasteiger partial charge in [-0.3, -0.25) is 0 Å². The highest BCUT2D eigenvalue weighted by Crippen LogP contribution is 2.21. The van der Waals surface area contributed by atoms with E-state index in [-0.39, 0.29) is 4.90 Å². The first-order valence-corrected chi connectivity index (χ1v) is 7.45. The maximum atomic E-state index is 11.2. The van der Waals surface area contributed by atoms with Crippen LogP contribution in [-0.2, 0) is 16.5 Å². The Hall–Kier alpha value is -1.36. The van der Waals surface area contributed by atoms with Crippen LogP contribution in [0.25, 0.3) is 0 Å². The highest BCUT2D eigenvalue weighted by Gasteiger charge is 2.09. The van der Waals surface area contributed by atoms with E-state index in [0.717, 1.165) is 11.1 Å². The zero-order valence-electron chi connectivity index (χ0n) is 10.3. The molecule has 2 aromatic rings. The van der Waals surface area contributed by atoms with Crippen LogP contribution in [0.3, 0.4) is 0 Å². The van der Waals surface area contributed by atoms with E-state index in [9.17, 15) is 13.0 Å². The van der Waals surface area contributed by atoms with Crippen molar-refractivity contribution in [1.82, 2.24) is 0 Å². The summed E-state index contributed by atoms with van der Waals surface area (Å²) >= 11 is 5.80. The summed E-state index contributed by atoms with van der Waals surface area (Å²) in [5.41, 5.74) is 2.33. The van der Waals surface area contributed by atoms with Gasteiger partial charge >= 0.3 is 0 Å². The van der Waals surface area contributed by atoms with Crippen LogP contribution in [0.4, 0.5) is 0 Å². The van der Waals surface area contributed by atoms with Crippen molar-refractivity contribution >= 4 is 21.7 Å². The van der Waals surface area contributed by atoms with Crippen molar-refractivity contribution in [3.05, 3.63) is 64.2 Å². The summed E-state index contributed by atoms with van der Waals surface area (Å²) in [4.78, 5) is -0.159. The molecule has 3 nitrogen and oxygen atoms in total. The van der Waals surface area contributed by atoms with Crippen molar-refractivity contribution in [2.45, 2.75) is 18.2 Å². The van der Waals surface area contributed by atoms with Gasteiger partial charge in [0, 0.05) is 5.02 Å². The Morgan fingerprint density at radius 3 is 2.32 bits per heavy atom. The lowest BCUT2D eigenvalue weighted by molar-refractivity contribution is 0.462. The predicted octanol–water partition coefficient (Wildman–Crippen LogP) is 3.14. The van der Waals surface area contributed by atoms with Crippen molar-refractivity contribution in [2.24, 2.45) is 0 Å². The molecule has 0 atom stereocenters. The zero-order chi connectivity index (χ0) is 14.0. The lowest BCUT2D eigenvalue weighted by Gasteiger charge is -2.14. The fraction of sp³-hybridized carbons (Fsp3) is 0.143. The topological polar surface area (TPSA) is 57.2 Å². The molecule has 0 N–H and O–H groups in total. The fourth-order valence-electron chi connectivity index (χ4n) is 1.91. The molecule has 0 fully saturated rings. The monoisotopic (exact) mass is 295 g/mol. The summed E-state index contributed by atoms with van der Waals surface area (Å²) in [6.45, 7) is 1.85. The van der Waals surface area contributed by atoms with Crippen LogP contribution in [-0.4, -0.2) is 13.0 Å². The molecule has 19 heavy (non-hydrogen) atoms. The predicted molar refractivity (Wildman–Crippen MR) is 73.4 cm³/mol. The number of hydrogen-bond acceptors (Lipinski definition) is 3. The molecular weight excluding hydrogens is 284 g/mol. The molecule has 0 spiro atoms. The Labute approximate surface area is 117 Å². The average molecular weight is 296 g/mol. The molecule has 0 amide bonds. The molecule has 2 rings (SSSR count). The molecule has 0 saturated heterocycles. The second-order valence-electron chi connectivity index (χ2n) is 4.37. The fourth-order valence-corrected chi connectivity index (χ4v) is 2.73. The second kappa shape index (κ2) is 5.33. The van der Waals surface area contributed by atoms with Gasteiger partial charge in [0.05, 0.1) is 4.90 Å². The summed E-state index contributed by atoms with van der Waals surface area (Å²) in [6, 6.07) is 11.8. The first-order valence-electron chi connectivity index (χ1n) is 5.66. The van der Waals surface area contributed by atoms with Crippen LogP contribution >= 0.6 is 11.6 Å². The quantitative estimate of drug-likeness (QED) is 0.817. The van der Waals surface area contributed by atoms with Gasteiger partial charge in [-0.05, 0) is 42.7 Å². The summed E-state index contributed by atoms with van der Waals surface area (Å²) in [6.07, 6.45) is 0.385. The maximum absolute atomic E-state index is 11.2. The molecule has 0 bridgehead atoms. The summed E-state index contributed by atoms with van der Waals surface area (Å²) in [5.74, 6) is 0. The smallest absolute Gasteiger partial charge is 0.124 e. The van der Waals surface area contributed by atoms with E-state index in [2.05, 4.69) is 0 Å². The molecule has 0 radical (unpaired) electrons. The molecular formula is C14H12ClO3S-. The highest BCUT2D eigenvalue weighted by atomic mass is 35.5. The minimum absolute atomic E-state index is 0.159. The average Bonchev–Trinajstić information content (AvgIpc) is 2.30. The third-order valence-electron chi connectivity index (χ3n) is 2.79. The largest absolute Gasteiger partial charge is 0.744 e. The van der Waals surface area contributed by atoms with E-state index in [0.29, 0.717) is 17.0 Å². The van der Waals surface area contributed by atoms with Crippen molar-refractivity contribution in [2.75, 3.05) is 0 Å². The maximum Gasteiger partial charge on any atom is 0.124 e. The molecule has 5 heteroatoms. The Morgan fingerprint density at radius 2 is 1.74 bits per heavy atom. The van der Waals surface area contributed by atoms with Crippen LogP contribution in [0.15, 0.2) is 47.4 Å². The van der Waals surface area contributed by atoms with E-state index in [1.165, 1.54) is 6.07 Å². The minimum Gasteiger partial charge on any atom is -0.744 e. The van der Waals surface area contributed by atoms with E-state index >= 15 is 0 Å². The van der Waals surface area contributed by atoms with Crippen molar-refractivity contribution in [1.29, 1.82) is 0 Å². The summed E-state index contributed by atoms with van der Waals surface area (Å²) < 4.78 is 33.7. The summed E-state index contributed by atoms with van der Waals surface area (Å²) in [7, 11) is -4.45. The van der Waals surface area contributed by atoms with Gasteiger partial charge in [0.2, 0.25) is 0 Å². The van der Waals surface area contributed by atoms with Crippen LogP contribution in [0, 0.1) is 6.92 Å². The Morgan fingerprint density at radius 1 is 1.11 bits per heavy atom. The van der Waals surface area contributed by atoms with E-state index < -0.39 is 10.1 Å². The Balaban J connectivity index is 2.44. The van der Waals surface area contributed by atoms with E-state index in [4.69, 9.17) is 11.6 Å². The first kappa shape index (κ1) is 14.1. The van der Waals surface area contributed by atoms with Crippen molar-refractivity contribution < 1.29 is 13.0 Å². The molecule has 2 aromatic carbocycles. The highest BCUT2D eigenvalue weighted by molar-refractivity contribution is 7.85. The number of halogens is 1. The third-order valence-corrected chi connectivity index (χ3v) is 3.98. The van der Waals surface area contributed by atoms with Gasteiger partial charge in [-0.15, -0.1) is 0 Å². The first-order chi connectivity index (χ1) is 8.86. The molecule has 0 aliphatic rings. The van der Waals surface area contributed by atoms with Crippen molar-refractivity contribution in [3.63, 3.8) is 0 Å². The molecule has 100 valence electrons. The Bertz CT molecular complexity index is 691. The number of aryl methyl sites for hydroxylation is 1. The van der Waals surface area contributed by atoms with Gasteiger partial charge in [-0.25, -0.2) is 8.42 Å². The molecule has 0 aliphatic heterocycles. The Kier molecular flexibility index (Phi) is 3.94. The van der Waals surface area contributed by atoms with Crippen LogP contribution in [0.5, 0.6) is 0 Å². The van der Waals surface area contributed by atoms with E-state index in [1.54, 1.807) is 24.3 Å². The van der Waals surface area contributed by atoms with Crippen molar-refractivity contribution in [3.8, 4) is 0 Å². The normalized spacial score (nSPS) is 11.5. The minimum atomic E-state index is -4.45. The molecule has 0 heterocycles. The van der Waals surface area contributed by atoms with Crippen LogP contribution in [0.2, 0.25) is 5.02 Å². The van der Waals surface area contributed by atoms with Gasteiger partial charge in [0.1, 0.15) is 10.1 Å². The standard InChI is InChI=1S/C14H13ClO3S/c1-10-2-7-14(19(16,17)18)12(8-10)9-11-3-5-13(15)6-4-11/h2-8H,9H2,1H3,(H,16,17,18)/p-1. The molecule has 0 aliphatic carbocycles. The number of hydrogen-bond donors (Lipinski definition) is 0. The number of rotatable bonds is 3. The lowest BCUT2D eigenvalue weighted by atomic mass is 10.0. The van der Waals surface area contributed by atoms with Crippen LogP contribution in [0.1, 0.15) is 16.7 Å².